The van der Waals surface area contributed by atoms with Crippen molar-refractivity contribution in [2.75, 3.05) is 0 Å². The summed E-state index contributed by atoms with van der Waals surface area (Å²) in [6.45, 7) is -4.32. The summed E-state index contributed by atoms with van der Waals surface area (Å²) in [5.41, 5.74) is 0. The van der Waals surface area contributed by atoms with Crippen molar-refractivity contribution in [3.05, 3.63) is 0 Å². The molecule has 0 atom stereocenters. The lowest BCUT2D eigenvalue weighted by atomic mass is 9.99. The van der Waals surface area contributed by atoms with Crippen LogP contribution in [0.5, 0.6) is 0 Å². The van der Waals surface area contributed by atoms with Gasteiger partial charge in [0.05, 0.1) is 5.92 Å². The van der Waals surface area contributed by atoms with E-state index in [1.165, 1.54) is 0 Å². The van der Waals surface area contributed by atoms with E-state index in [0.29, 0.717) is 0 Å². The van der Waals surface area contributed by atoms with Gasteiger partial charge in [0.2, 0.25) is 0 Å². The first kappa shape index (κ1) is 3.24. The fourth-order valence-electron chi connectivity index (χ4n) is 0.740. The molecule has 2 nitrogen and oxygen atoms in total. The van der Waals surface area contributed by atoms with Gasteiger partial charge in [-0.1, -0.05) is 26.5 Å². The van der Waals surface area contributed by atoms with E-state index in [1.54, 1.807) is 0 Å². The lowest BCUT2D eigenvalue weighted by Crippen LogP contribution is -2.12. The summed E-state index contributed by atoms with van der Waals surface area (Å²) < 4.78 is 41.7. The van der Waals surface area contributed by atoms with Crippen molar-refractivity contribution >= 4 is 5.97 Å². The van der Waals surface area contributed by atoms with Gasteiger partial charge in [-0.3, -0.25) is 4.79 Å². The van der Waals surface area contributed by atoms with E-state index in [1.807, 2.05) is 0 Å². The maximum Gasteiger partial charge on any atom is 0.306 e. The first-order valence-corrected chi connectivity index (χ1v) is 3.24. The topological polar surface area (TPSA) is 37.3 Å². The van der Waals surface area contributed by atoms with Crippen molar-refractivity contribution in [1.82, 2.24) is 0 Å². The molecule has 0 rings (SSSR count). The van der Waals surface area contributed by atoms with Crippen LogP contribution in [0.3, 0.4) is 0 Å². The molecule has 0 saturated heterocycles. The molecule has 60 valence electrons. The maximum atomic E-state index is 10.8. The minimum atomic E-state index is -2.16. The average molecular weight is 150 g/mol. The first-order chi connectivity index (χ1) is 7.01. The van der Waals surface area contributed by atoms with Crippen LogP contribution in [0.15, 0.2) is 0 Å². The van der Waals surface area contributed by atoms with E-state index in [9.17, 15) is 4.79 Å². The van der Waals surface area contributed by atoms with E-state index in [-0.39, 0.29) is 25.7 Å². The summed E-state index contributed by atoms with van der Waals surface area (Å²) in [5, 5.41) is 8.80. The van der Waals surface area contributed by atoms with Gasteiger partial charge in [-0.25, -0.2) is 0 Å². The summed E-state index contributed by atoms with van der Waals surface area (Å²) in [6, 6.07) is 0. The highest BCUT2D eigenvalue weighted by Gasteiger charge is 2.13. The maximum absolute atomic E-state index is 10.8. The molecule has 0 aliphatic rings. The van der Waals surface area contributed by atoms with E-state index in [2.05, 4.69) is 0 Å². The number of aliphatic carboxylic acids is 1. The van der Waals surface area contributed by atoms with E-state index >= 15 is 0 Å². The predicted octanol–water partition coefficient (Wildman–Crippen LogP) is 2.29. The lowest BCUT2D eigenvalue weighted by Gasteiger charge is -2.07. The number of rotatable bonds is 5. The molecule has 0 saturated carbocycles. The largest absolute Gasteiger partial charge is 0.481 e. The molecule has 0 spiro atoms. The quantitative estimate of drug-likeness (QED) is 0.653. The van der Waals surface area contributed by atoms with Gasteiger partial charge in [0.15, 0.2) is 0 Å². The second-order valence-corrected chi connectivity index (χ2v) is 2.11. The Morgan fingerprint density at radius 3 is 2.30 bits per heavy atom. The van der Waals surface area contributed by atoms with E-state index in [4.69, 9.17) is 13.3 Å². The van der Waals surface area contributed by atoms with Crippen molar-refractivity contribution < 1.29 is 18.1 Å². The molecule has 2 heteroatoms. The highest BCUT2D eigenvalue weighted by Crippen LogP contribution is 2.12. The Balaban J connectivity index is 4.15. The van der Waals surface area contributed by atoms with Crippen LogP contribution in [-0.4, -0.2) is 11.1 Å². The third-order valence-corrected chi connectivity index (χ3v) is 1.33. The Kier molecular flexibility index (Phi) is 1.71. The van der Waals surface area contributed by atoms with Crippen molar-refractivity contribution in [3.8, 4) is 0 Å². The molecule has 0 aromatic rings. The monoisotopic (exact) mass is 150 g/mol. The van der Waals surface area contributed by atoms with Gasteiger partial charge < -0.3 is 5.11 Å². The Labute approximate surface area is 70.7 Å². The van der Waals surface area contributed by atoms with Crippen LogP contribution >= 0.6 is 0 Å². The molecule has 0 amide bonds. The lowest BCUT2D eigenvalue weighted by molar-refractivity contribution is -0.142. The molecule has 0 aromatic heterocycles. The van der Waals surface area contributed by atoms with Crippen molar-refractivity contribution in [2.24, 2.45) is 5.92 Å². The molecular weight excluding hydrogens is 128 g/mol. The van der Waals surface area contributed by atoms with Crippen LogP contribution in [0.4, 0.5) is 0 Å². The average Bonchev–Trinajstić information content (AvgIpc) is 1.98. The molecule has 10 heavy (non-hydrogen) atoms. The fourth-order valence-corrected chi connectivity index (χ4v) is 0.740. The summed E-state index contributed by atoms with van der Waals surface area (Å²) in [6.07, 6.45) is -0.431. The third-order valence-electron chi connectivity index (χ3n) is 1.33. The zero-order chi connectivity index (χ0) is 13.0. The Bertz CT molecular complexity index is 214. The summed E-state index contributed by atoms with van der Waals surface area (Å²) in [7, 11) is 0. The van der Waals surface area contributed by atoms with E-state index < -0.39 is 25.6 Å². The Morgan fingerprint density at radius 1 is 1.50 bits per heavy atom. The summed E-state index contributed by atoms with van der Waals surface area (Å²) in [4.78, 5) is 10.8. The molecule has 0 bridgehead atoms. The van der Waals surface area contributed by atoms with Crippen molar-refractivity contribution in [2.45, 2.75) is 39.4 Å². The fraction of sp³-hybridized carbons (Fsp3) is 0.875. The van der Waals surface area contributed by atoms with Crippen LogP contribution in [0.1, 0.15) is 47.6 Å². The second-order valence-electron chi connectivity index (χ2n) is 2.11. The Morgan fingerprint density at radius 2 is 2.00 bits per heavy atom. The highest BCUT2D eigenvalue weighted by atomic mass is 16.4. The minimum Gasteiger partial charge on any atom is -0.481 e. The summed E-state index contributed by atoms with van der Waals surface area (Å²) in [5.74, 6) is -2.02. The van der Waals surface area contributed by atoms with Gasteiger partial charge in [-0.05, 0) is 12.8 Å². The zero-order valence-corrected chi connectivity index (χ0v) is 5.76. The van der Waals surface area contributed by atoms with Crippen LogP contribution in [0.2, 0.25) is 0 Å². The van der Waals surface area contributed by atoms with Gasteiger partial charge in [0.1, 0.15) is 0 Å². The van der Waals surface area contributed by atoms with Gasteiger partial charge in [-0.15, -0.1) is 0 Å². The normalized spacial score (nSPS) is 21.7. The number of carboxylic acids is 1. The van der Waals surface area contributed by atoms with Crippen LogP contribution in [-0.2, 0) is 4.79 Å². The van der Waals surface area contributed by atoms with Gasteiger partial charge >= 0.3 is 5.97 Å². The highest BCUT2D eigenvalue weighted by molar-refractivity contribution is 5.69. The number of hydrogen-bond donors (Lipinski definition) is 1. The number of hydrogen-bond acceptors (Lipinski definition) is 1. The predicted molar refractivity (Wildman–Crippen MR) is 40.9 cm³/mol. The number of carbonyl (C=O) groups is 1. The molecule has 0 aromatic carbocycles. The van der Waals surface area contributed by atoms with E-state index in [0.717, 1.165) is 0 Å². The standard InChI is InChI=1S/C8H16O2/c1-3-5-7(6-4-2)8(9)10/h7H,3-6H2,1-2H3,(H,9,10)/i1D3,2D3. The third kappa shape index (κ3) is 3.49. The molecule has 1 N–H and O–H groups in total. The molecule has 0 aliphatic carbocycles. The van der Waals surface area contributed by atoms with Crippen molar-refractivity contribution in [3.63, 3.8) is 0 Å². The van der Waals surface area contributed by atoms with Crippen molar-refractivity contribution in [1.29, 1.82) is 0 Å². The van der Waals surface area contributed by atoms with Gasteiger partial charge in [-0.2, -0.15) is 0 Å². The van der Waals surface area contributed by atoms with Crippen LogP contribution in [0, 0.1) is 5.92 Å². The van der Waals surface area contributed by atoms with Gasteiger partial charge in [0, 0.05) is 8.22 Å². The molecular formula is C8H16O2. The zero-order valence-electron chi connectivity index (χ0n) is 11.8. The minimum absolute atomic E-state index is 0.0120. The summed E-state index contributed by atoms with van der Waals surface area (Å²) >= 11 is 0. The number of carboxylic acid groups (broad SMARTS) is 1. The molecule has 0 fully saturated rings. The Hall–Kier alpha value is -0.530. The first-order valence-electron chi connectivity index (χ1n) is 6.24. The van der Waals surface area contributed by atoms with Gasteiger partial charge in [0.25, 0.3) is 0 Å². The molecule has 0 heterocycles. The SMILES string of the molecule is [2H]C([2H])([2H])CCC(CCC([2H])([2H])[2H])C(=O)O. The smallest absolute Gasteiger partial charge is 0.306 e. The molecule has 0 aliphatic heterocycles. The van der Waals surface area contributed by atoms with Crippen LogP contribution in [0.25, 0.3) is 0 Å². The second kappa shape index (κ2) is 5.27. The van der Waals surface area contributed by atoms with Crippen LogP contribution < -0.4 is 0 Å². The molecule has 0 radical (unpaired) electrons. The molecule has 0 unspecified atom stereocenters.